The predicted octanol–water partition coefficient (Wildman–Crippen LogP) is 3.81. The van der Waals surface area contributed by atoms with Gasteiger partial charge in [0.25, 0.3) is 5.91 Å². The summed E-state index contributed by atoms with van der Waals surface area (Å²) >= 11 is 0. The lowest BCUT2D eigenvalue weighted by molar-refractivity contribution is 0.0670. The fourth-order valence-corrected chi connectivity index (χ4v) is 5.85. The summed E-state index contributed by atoms with van der Waals surface area (Å²) in [5, 5.41) is 4.02. The number of carbonyl (C=O) groups is 1. The summed E-state index contributed by atoms with van der Waals surface area (Å²) in [6.07, 6.45) is 0.378. The van der Waals surface area contributed by atoms with E-state index in [4.69, 9.17) is 14.0 Å². The molecule has 1 aliphatic rings. The summed E-state index contributed by atoms with van der Waals surface area (Å²) in [7, 11) is -0.111. The SMILES string of the molecule is COc1ccc(CN(C(=O)c2cc(-c3ccc(C)c(C)c3)on2)C2CCS(=O)(=O)C2)cc1OC. The van der Waals surface area contributed by atoms with Crippen molar-refractivity contribution in [1.82, 2.24) is 10.1 Å². The predicted molar refractivity (Wildman–Crippen MR) is 128 cm³/mol. The number of ether oxygens (including phenoxy) is 2. The molecule has 4 rings (SSSR count). The Morgan fingerprint density at radius 2 is 1.82 bits per heavy atom. The van der Waals surface area contributed by atoms with E-state index in [1.165, 1.54) is 7.11 Å². The van der Waals surface area contributed by atoms with Gasteiger partial charge in [-0.1, -0.05) is 23.4 Å². The molecule has 2 aromatic carbocycles. The topological polar surface area (TPSA) is 98.9 Å². The lowest BCUT2D eigenvalue weighted by Crippen LogP contribution is -2.40. The Balaban J connectivity index is 1.65. The molecule has 1 aliphatic heterocycles. The van der Waals surface area contributed by atoms with E-state index in [1.807, 2.05) is 38.1 Å². The van der Waals surface area contributed by atoms with Crippen LogP contribution in [0.1, 0.15) is 33.6 Å². The molecule has 180 valence electrons. The summed E-state index contributed by atoms with van der Waals surface area (Å²) in [5.74, 6) is 1.19. The van der Waals surface area contributed by atoms with Crippen molar-refractivity contribution in [3.05, 3.63) is 64.8 Å². The molecule has 0 radical (unpaired) electrons. The Labute approximate surface area is 199 Å². The Hall–Kier alpha value is -3.33. The highest BCUT2D eigenvalue weighted by atomic mass is 32.2. The molecule has 0 spiro atoms. The van der Waals surface area contributed by atoms with Crippen molar-refractivity contribution in [3.8, 4) is 22.8 Å². The molecule has 3 aromatic rings. The Bertz CT molecular complexity index is 1310. The first kappa shape index (κ1) is 23.8. The molecular formula is C25H28N2O6S. The summed E-state index contributed by atoms with van der Waals surface area (Å²) in [4.78, 5) is 15.1. The van der Waals surface area contributed by atoms with Crippen LogP contribution in [0.4, 0.5) is 0 Å². The van der Waals surface area contributed by atoms with E-state index in [2.05, 4.69) is 5.16 Å². The van der Waals surface area contributed by atoms with Crippen LogP contribution >= 0.6 is 0 Å². The smallest absolute Gasteiger partial charge is 0.276 e. The second kappa shape index (κ2) is 9.50. The molecule has 1 unspecified atom stereocenters. The zero-order valence-corrected chi connectivity index (χ0v) is 20.5. The molecule has 0 N–H and O–H groups in total. The van der Waals surface area contributed by atoms with E-state index in [-0.39, 0.29) is 29.7 Å². The molecule has 1 saturated heterocycles. The molecule has 1 aromatic heterocycles. The lowest BCUT2D eigenvalue weighted by Gasteiger charge is -2.27. The van der Waals surface area contributed by atoms with Crippen molar-refractivity contribution in [2.45, 2.75) is 32.9 Å². The molecule has 1 amide bonds. The van der Waals surface area contributed by atoms with E-state index in [0.717, 1.165) is 22.3 Å². The van der Waals surface area contributed by atoms with Crippen LogP contribution < -0.4 is 9.47 Å². The van der Waals surface area contributed by atoms with Gasteiger partial charge in [-0.15, -0.1) is 0 Å². The minimum absolute atomic E-state index is 0.0556. The van der Waals surface area contributed by atoms with Gasteiger partial charge >= 0.3 is 0 Å². The van der Waals surface area contributed by atoms with Crippen molar-refractivity contribution in [3.63, 3.8) is 0 Å². The number of hydrogen-bond acceptors (Lipinski definition) is 7. The number of methoxy groups -OCH3 is 2. The van der Waals surface area contributed by atoms with Crippen LogP contribution in [-0.2, 0) is 16.4 Å². The summed E-state index contributed by atoms with van der Waals surface area (Å²) in [5.41, 5.74) is 4.01. The highest BCUT2D eigenvalue weighted by Crippen LogP contribution is 2.30. The van der Waals surface area contributed by atoms with Crippen LogP contribution in [0.3, 0.4) is 0 Å². The molecule has 1 atom stereocenters. The average molecular weight is 485 g/mol. The molecule has 0 saturated carbocycles. The van der Waals surface area contributed by atoms with Gasteiger partial charge in [0.05, 0.1) is 25.7 Å². The third-order valence-corrected chi connectivity index (χ3v) is 7.98. The number of aromatic nitrogens is 1. The first-order valence-corrected chi connectivity index (χ1v) is 12.8. The fourth-order valence-electron chi connectivity index (χ4n) is 4.12. The van der Waals surface area contributed by atoms with Gasteiger partial charge in [0, 0.05) is 24.2 Å². The average Bonchev–Trinajstić information content (AvgIpc) is 3.45. The van der Waals surface area contributed by atoms with Gasteiger partial charge in [0.2, 0.25) is 0 Å². The van der Waals surface area contributed by atoms with E-state index >= 15 is 0 Å². The van der Waals surface area contributed by atoms with E-state index in [0.29, 0.717) is 23.7 Å². The second-order valence-electron chi connectivity index (χ2n) is 8.55. The molecule has 2 heterocycles. The van der Waals surface area contributed by atoms with Crippen LogP contribution in [0, 0.1) is 13.8 Å². The maximum atomic E-state index is 13.5. The Morgan fingerprint density at radius 1 is 1.06 bits per heavy atom. The van der Waals surface area contributed by atoms with E-state index in [9.17, 15) is 13.2 Å². The largest absolute Gasteiger partial charge is 0.493 e. The molecule has 0 aliphatic carbocycles. The molecule has 1 fully saturated rings. The Morgan fingerprint density at radius 3 is 2.47 bits per heavy atom. The van der Waals surface area contributed by atoms with E-state index in [1.54, 1.807) is 30.2 Å². The zero-order valence-electron chi connectivity index (χ0n) is 19.7. The van der Waals surface area contributed by atoms with Crippen molar-refractivity contribution >= 4 is 15.7 Å². The maximum absolute atomic E-state index is 13.5. The van der Waals surface area contributed by atoms with Crippen LogP contribution in [0.2, 0.25) is 0 Å². The van der Waals surface area contributed by atoms with Gasteiger partial charge in [0.15, 0.2) is 32.8 Å². The summed E-state index contributed by atoms with van der Waals surface area (Å²) < 4.78 is 40.5. The van der Waals surface area contributed by atoms with Crippen LogP contribution in [0.5, 0.6) is 11.5 Å². The lowest BCUT2D eigenvalue weighted by atomic mass is 10.0. The van der Waals surface area contributed by atoms with Crippen LogP contribution in [0.15, 0.2) is 47.0 Å². The van der Waals surface area contributed by atoms with Crippen LogP contribution in [-0.4, -0.2) is 56.1 Å². The normalized spacial score (nSPS) is 16.9. The number of benzene rings is 2. The zero-order chi connectivity index (χ0) is 24.5. The number of aryl methyl sites for hydroxylation is 2. The minimum atomic E-state index is -3.20. The molecular weight excluding hydrogens is 456 g/mol. The quantitative estimate of drug-likeness (QED) is 0.503. The number of nitrogens with zero attached hydrogens (tertiary/aromatic N) is 2. The van der Waals surface area contributed by atoms with Crippen LogP contribution in [0.25, 0.3) is 11.3 Å². The maximum Gasteiger partial charge on any atom is 0.276 e. The van der Waals surface area contributed by atoms with Crippen molar-refractivity contribution < 1.29 is 27.2 Å². The number of carbonyl (C=O) groups excluding carboxylic acids is 1. The minimum Gasteiger partial charge on any atom is -0.493 e. The standard InChI is InChI=1S/C25H28N2O6S/c1-16-5-7-19(11-17(16)2)23-13-21(26-33-23)25(28)27(20-9-10-34(29,30)15-20)14-18-6-8-22(31-3)24(12-18)32-4/h5-8,11-13,20H,9-10,14-15H2,1-4H3. The summed E-state index contributed by atoms with van der Waals surface area (Å²) in [6, 6.07) is 12.4. The van der Waals surface area contributed by atoms with E-state index < -0.39 is 15.9 Å². The number of sulfone groups is 1. The third-order valence-electron chi connectivity index (χ3n) is 6.23. The highest BCUT2D eigenvalue weighted by molar-refractivity contribution is 7.91. The second-order valence-corrected chi connectivity index (χ2v) is 10.8. The summed E-state index contributed by atoms with van der Waals surface area (Å²) in [6.45, 7) is 4.23. The van der Waals surface area contributed by atoms with Crippen molar-refractivity contribution in [1.29, 1.82) is 0 Å². The molecule has 8 nitrogen and oxygen atoms in total. The highest BCUT2D eigenvalue weighted by Gasteiger charge is 2.36. The Kier molecular flexibility index (Phi) is 6.65. The van der Waals surface area contributed by atoms with Gasteiger partial charge in [-0.05, 0) is 55.2 Å². The molecule has 0 bridgehead atoms. The molecule has 9 heteroatoms. The van der Waals surface area contributed by atoms with Gasteiger partial charge in [0.1, 0.15) is 0 Å². The van der Waals surface area contributed by atoms with Gasteiger partial charge in [-0.3, -0.25) is 4.79 Å². The third kappa shape index (κ3) is 4.94. The monoisotopic (exact) mass is 484 g/mol. The number of amides is 1. The number of rotatable bonds is 7. The fraction of sp³-hybridized carbons (Fsp3) is 0.360. The first-order chi connectivity index (χ1) is 16.2. The number of hydrogen-bond donors (Lipinski definition) is 0. The first-order valence-electron chi connectivity index (χ1n) is 11.0. The van der Waals surface area contributed by atoms with Crippen molar-refractivity contribution in [2.24, 2.45) is 0 Å². The molecule has 34 heavy (non-hydrogen) atoms. The van der Waals surface area contributed by atoms with Gasteiger partial charge in [-0.2, -0.15) is 0 Å². The van der Waals surface area contributed by atoms with Crippen molar-refractivity contribution in [2.75, 3.05) is 25.7 Å². The van der Waals surface area contributed by atoms with Gasteiger partial charge < -0.3 is 18.9 Å². The van der Waals surface area contributed by atoms with Gasteiger partial charge in [-0.25, -0.2) is 8.42 Å².